The minimum atomic E-state index is -0.445. The Kier molecular flexibility index (Phi) is 2.68. The summed E-state index contributed by atoms with van der Waals surface area (Å²) < 4.78 is 18.2. The van der Waals surface area contributed by atoms with Crippen LogP contribution in [0.1, 0.15) is 0 Å². The molecule has 4 nitrogen and oxygen atoms in total. The highest BCUT2D eigenvalue weighted by atomic mass is 19.1. The molecular weight excluding hydrogens is 211 g/mol. The van der Waals surface area contributed by atoms with Gasteiger partial charge in [-0.05, 0) is 18.2 Å². The summed E-state index contributed by atoms with van der Waals surface area (Å²) in [5.41, 5.74) is 0.696. The number of nitrogens with one attached hydrogen (secondary N) is 1. The van der Waals surface area contributed by atoms with Crippen molar-refractivity contribution < 1.29 is 9.13 Å². The van der Waals surface area contributed by atoms with E-state index in [-0.39, 0.29) is 5.82 Å². The molecule has 0 saturated heterocycles. The van der Waals surface area contributed by atoms with E-state index < -0.39 is 5.69 Å². The van der Waals surface area contributed by atoms with Crippen molar-refractivity contribution in [3.05, 3.63) is 46.9 Å². The van der Waals surface area contributed by atoms with Crippen LogP contribution in [0.5, 0.6) is 5.75 Å². The van der Waals surface area contributed by atoms with Crippen LogP contribution in [0.15, 0.2) is 35.4 Å². The van der Waals surface area contributed by atoms with Crippen LogP contribution in [0.4, 0.5) is 4.39 Å². The Balaban J connectivity index is 2.57. The summed E-state index contributed by atoms with van der Waals surface area (Å²) in [6.07, 6.45) is 2.84. The number of halogens is 1. The van der Waals surface area contributed by atoms with Crippen molar-refractivity contribution in [2.45, 2.75) is 0 Å². The van der Waals surface area contributed by atoms with Crippen LogP contribution >= 0.6 is 0 Å². The van der Waals surface area contributed by atoms with E-state index in [4.69, 9.17) is 4.74 Å². The van der Waals surface area contributed by atoms with Gasteiger partial charge in [-0.25, -0.2) is 14.2 Å². The van der Waals surface area contributed by atoms with E-state index in [9.17, 15) is 9.18 Å². The topological polar surface area (TPSA) is 55.0 Å². The van der Waals surface area contributed by atoms with Gasteiger partial charge in [0.25, 0.3) is 0 Å². The number of benzene rings is 1. The van der Waals surface area contributed by atoms with E-state index in [2.05, 4.69) is 9.97 Å². The zero-order valence-corrected chi connectivity index (χ0v) is 8.53. The Labute approximate surface area is 90.7 Å². The maximum Gasteiger partial charge on any atom is 0.344 e. The molecule has 0 unspecified atom stereocenters. The number of aromatic nitrogens is 2. The Hall–Kier alpha value is -2.17. The third-order valence-corrected chi connectivity index (χ3v) is 2.14. The van der Waals surface area contributed by atoms with Crippen LogP contribution in [0, 0.1) is 5.82 Å². The van der Waals surface area contributed by atoms with Crippen LogP contribution < -0.4 is 10.4 Å². The van der Waals surface area contributed by atoms with Crippen molar-refractivity contribution in [1.29, 1.82) is 0 Å². The number of aromatic amines is 1. The van der Waals surface area contributed by atoms with E-state index in [0.29, 0.717) is 16.9 Å². The standard InChI is InChI=1S/C11H9FN2O2/c1-16-10-3-2-8(12)4-9(10)7-5-13-11(15)14-6-7/h2-6H,1H3,(H,13,14,15). The molecule has 0 amide bonds. The summed E-state index contributed by atoms with van der Waals surface area (Å²) in [6, 6.07) is 4.16. The number of hydrogen-bond donors (Lipinski definition) is 1. The molecule has 0 aliphatic heterocycles. The molecule has 0 spiro atoms. The molecule has 82 valence electrons. The molecule has 0 radical (unpaired) electrons. The van der Waals surface area contributed by atoms with Crippen molar-refractivity contribution in [2.24, 2.45) is 0 Å². The van der Waals surface area contributed by atoms with Crippen LogP contribution in [-0.4, -0.2) is 17.1 Å². The van der Waals surface area contributed by atoms with Gasteiger partial charge in [0.1, 0.15) is 11.6 Å². The van der Waals surface area contributed by atoms with Crippen LogP contribution in [0.3, 0.4) is 0 Å². The Morgan fingerprint density at radius 2 is 2.25 bits per heavy atom. The highest BCUT2D eigenvalue weighted by Crippen LogP contribution is 2.29. The van der Waals surface area contributed by atoms with E-state index >= 15 is 0 Å². The highest BCUT2D eigenvalue weighted by molar-refractivity contribution is 5.68. The van der Waals surface area contributed by atoms with E-state index in [1.807, 2.05) is 0 Å². The molecule has 16 heavy (non-hydrogen) atoms. The molecule has 1 aromatic carbocycles. The summed E-state index contributed by atoms with van der Waals surface area (Å²) >= 11 is 0. The van der Waals surface area contributed by atoms with Gasteiger partial charge >= 0.3 is 5.69 Å². The number of hydrogen-bond acceptors (Lipinski definition) is 3. The second-order valence-electron chi connectivity index (χ2n) is 3.15. The lowest BCUT2D eigenvalue weighted by molar-refractivity contribution is 0.415. The summed E-state index contributed by atoms with van der Waals surface area (Å²) in [4.78, 5) is 16.8. The predicted octanol–water partition coefficient (Wildman–Crippen LogP) is 1.58. The quantitative estimate of drug-likeness (QED) is 0.836. The molecule has 2 aromatic rings. The van der Waals surface area contributed by atoms with E-state index in [1.165, 1.54) is 37.7 Å². The summed E-state index contributed by atoms with van der Waals surface area (Å²) in [7, 11) is 1.50. The summed E-state index contributed by atoms with van der Waals surface area (Å²) in [5.74, 6) is 0.150. The first-order valence-electron chi connectivity index (χ1n) is 4.59. The molecule has 0 fully saturated rings. The molecule has 5 heteroatoms. The summed E-state index contributed by atoms with van der Waals surface area (Å²) in [6.45, 7) is 0. The second kappa shape index (κ2) is 4.14. The van der Waals surface area contributed by atoms with Crippen molar-refractivity contribution >= 4 is 0 Å². The van der Waals surface area contributed by atoms with Crippen LogP contribution in [0.2, 0.25) is 0 Å². The predicted molar refractivity (Wildman–Crippen MR) is 56.8 cm³/mol. The van der Waals surface area contributed by atoms with Gasteiger partial charge < -0.3 is 9.72 Å². The fourth-order valence-corrected chi connectivity index (χ4v) is 1.40. The maximum absolute atomic E-state index is 13.1. The third-order valence-electron chi connectivity index (χ3n) is 2.14. The number of methoxy groups -OCH3 is 1. The zero-order valence-electron chi connectivity index (χ0n) is 8.53. The van der Waals surface area contributed by atoms with Gasteiger partial charge in [-0.2, -0.15) is 0 Å². The molecule has 0 aliphatic carbocycles. The monoisotopic (exact) mass is 220 g/mol. The number of rotatable bonds is 2. The number of H-pyrrole nitrogens is 1. The maximum atomic E-state index is 13.1. The Bertz CT molecular complexity index is 546. The normalized spacial score (nSPS) is 10.1. The van der Waals surface area contributed by atoms with Crippen molar-refractivity contribution in [2.75, 3.05) is 7.11 Å². The smallest absolute Gasteiger partial charge is 0.344 e. The average Bonchev–Trinajstić information content (AvgIpc) is 2.30. The lowest BCUT2D eigenvalue weighted by Crippen LogP contribution is -2.08. The molecule has 1 N–H and O–H groups in total. The van der Waals surface area contributed by atoms with Gasteiger partial charge in [0, 0.05) is 23.5 Å². The van der Waals surface area contributed by atoms with Gasteiger partial charge in [0.15, 0.2) is 0 Å². The van der Waals surface area contributed by atoms with Gasteiger partial charge in [-0.1, -0.05) is 0 Å². The minimum absolute atomic E-state index is 0.373. The van der Waals surface area contributed by atoms with Crippen molar-refractivity contribution in [3.63, 3.8) is 0 Å². The van der Waals surface area contributed by atoms with Gasteiger partial charge in [0.2, 0.25) is 0 Å². The largest absolute Gasteiger partial charge is 0.496 e. The molecule has 0 atom stereocenters. The average molecular weight is 220 g/mol. The SMILES string of the molecule is COc1ccc(F)cc1-c1cnc(=O)[nH]c1. The van der Waals surface area contributed by atoms with Gasteiger partial charge in [0.05, 0.1) is 7.11 Å². The number of ether oxygens (including phenoxy) is 1. The molecule has 0 bridgehead atoms. The molecule has 0 saturated carbocycles. The molecule has 1 heterocycles. The third kappa shape index (κ3) is 1.93. The molecule has 2 rings (SSSR count). The lowest BCUT2D eigenvalue weighted by atomic mass is 10.1. The van der Waals surface area contributed by atoms with Crippen molar-refractivity contribution in [1.82, 2.24) is 9.97 Å². The fourth-order valence-electron chi connectivity index (χ4n) is 1.40. The number of nitrogens with zero attached hydrogens (tertiary/aromatic N) is 1. The molecule has 0 aliphatic rings. The first-order chi connectivity index (χ1) is 7.70. The lowest BCUT2D eigenvalue weighted by Gasteiger charge is -2.07. The zero-order chi connectivity index (χ0) is 11.5. The van der Waals surface area contributed by atoms with Gasteiger partial charge in [-0.15, -0.1) is 0 Å². The highest BCUT2D eigenvalue weighted by Gasteiger charge is 2.07. The first-order valence-corrected chi connectivity index (χ1v) is 4.59. The first kappa shape index (κ1) is 10.4. The Morgan fingerprint density at radius 1 is 1.44 bits per heavy atom. The van der Waals surface area contributed by atoms with E-state index in [0.717, 1.165) is 0 Å². The summed E-state index contributed by atoms with van der Waals surface area (Å²) in [5, 5.41) is 0. The van der Waals surface area contributed by atoms with E-state index in [1.54, 1.807) is 0 Å². The minimum Gasteiger partial charge on any atom is -0.496 e. The molecule has 1 aromatic heterocycles. The van der Waals surface area contributed by atoms with Crippen LogP contribution in [-0.2, 0) is 0 Å². The Morgan fingerprint density at radius 3 is 2.88 bits per heavy atom. The molecular formula is C11H9FN2O2. The van der Waals surface area contributed by atoms with Crippen LogP contribution in [0.25, 0.3) is 11.1 Å². The fraction of sp³-hybridized carbons (Fsp3) is 0.0909. The van der Waals surface area contributed by atoms with Crippen molar-refractivity contribution in [3.8, 4) is 16.9 Å². The second-order valence-corrected chi connectivity index (χ2v) is 3.15. The van der Waals surface area contributed by atoms with Gasteiger partial charge in [-0.3, -0.25) is 0 Å².